The zero-order chi connectivity index (χ0) is 28.6. The van der Waals surface area contributed by atoms with Crippen LogP contribution < -0.4 is 4.90 Å². The summed E-state index contributed by atoms with van der Waals surface area (Å²) in [5.41, 5.74) is 5.65. The number of anilines is 1. The van der Waals surface area contributed by atoms with Gasteiger partial charge in [-0.2, -0.15) is 5.10 Å². The SMILES string of the molecule is C=NCC1CC(C(=O)N2CCN(c3ccnn4cc(-c5ccc(C6(OC)CCN(C(C)C)CC6)cc5)cc34)CC2)C1. The highest BCUT2D eigenvalue weighted by Gasteiger charge is 2.38. The summed E-state index contributed by atoms with van der Waals surface area (Å²) < 4.78 is 8.13. The Kier molecular flexibility index (Phi) is 7.88. The molecule has 3 aromatic rings. The molecule has 8 heteroatoms. The predicted octanol–water partition coefficient (Wildman–Crippen LogP) is 4.72. The molecule has 0 radical (unpaired) electrons. The number of likely N-dealkylation sites (tertiary alicyclic amines) is 1. The number of ether oxygens (including phenoxy) is 1. The van der Waals surface area contributed by atoms with E-state index in [0.717, 1.165) is 82.6 Å². The Bertz CT molecular complexity index is 1360. The Morgan fingerprint density at radius 3 is 2.39 bits per heavy atom. The quantitative estimate of drug-likeness (QED) is 0.376. The number of carbonyl (C=O) groups is 1. The van der Waals surface area contributed by atoms with Crippen LogP contribution in [0.15, 0.2) is 53.8 Å². The Hall–Kier alpha value is -3.23. The lowest BCUT2D eigenvalue weighted by Crippen LogP contribution is -2.52. The van der Waals surface area contributed by atoms with E-state index in [0.29, 0.717) is 17.9 Å². The molecule has 0 unspecified atom stereocenters. The first-order valence-electron chi connectivity index (χ1n) is 15.2. The molecular formula is C33H44N6O2. The van der Waals surface area contributed by atoms with Crippen molar-refractivity contribution in [3.8, 4) is 11.1 Å². The summed E-state index contributed by atoms with van der Waals surface area (Å²) in [7, 11) is 1.85. The molecule has 0 bridgehead atoms. The van der Waals surface area contributed by atoms with Gasteiger partial charge in [-0.05, 0) is 75.4 Å². The van der Waals surface area contributed by atoms with E-state index in [1.165, 1.54) is 16.8 Å². The van der Waals surface area contributed by atoms with Crippen molar-refractivity contribution in [2.45, 2.75) is 51.2 Å². The predicted molar refractivity (Wildman–Crippen MR) is 165 cm³/mol. The Labute approximate surface area is 244 Å². The molecule has 1 amide bonds. The third kappa shape index (κ3) is 5.40. The maximum Gasteiger partial charge on any atom is 0.225 e. The average molecular weight is 557 g/mol. The molecule has 2 saturated heterocycles. The highest BCUT2D eigenvalue weighted by Crippen LogP contribution is 2.38. The van der Waals surface area contributed by atoms with E-state index in [1.807, 2.05) is 17.8 Å². The summed E-state index contributed by atoms with van der Waals surface area (Å²) in [5.74, 6) is 1.03. The van der Waals surface area contributed by atoms with Gasteiger partial charge in [0.2, 0.25) is 5.91 Å². The van der Waals surface area contributed by atoms with Gasteiger partial charge in [-0.25, -0.2) is 4.52 Å². The second-order valence-electron chi connectivity index (χ2n) is 12.4. The summed E-state index contributed by atoms with van der Waals surface area (Å²) in [6.45, 7) is 14.2. The van der Waals surface area contributed by atoms with Crippen molar-refractivity contribution >= 4 is 23.8 Å². The molecule has 0 N–H and O–H groups in total. The van der Waals surface area contributed by atoms with Crippen molar-refractivity contribution in [2.24, 2.45) is 16.8 Å². The molecule has 0 atom stereocenters. The van der Waals surface area contributed by atoms with Gasteiger partial charge in [0.1, 0.15) is 0 Å². The van der Waals surface area contributed by atoms with Crippen LogP contribution in [0.2, 0.25) is 0 Å². The lowest BCUT2D eigenvalue weighted by Gasteiger charge is -2.42. The number of benzene rings is 1. The fraction of sp³-hybridized carbons (Fsp3) is 0.545. The largest absolute Gasteiger partial charge is 0.373 e. The number of piperidine rings is 1. The number of fused-ring (bicyclic) bond motifs is 1. The van der Waals surface area contributed by atoms with Crippen LogP contribution in [0, 0.1) is 11.8 Å². The van der Waals surface area contributed by atoms with Gasteiger partial charge in [0.05, 0.1) is 16.8 Å². The third-order valence-electron chi connectivity index (χ3n) is 9.86. The summed E-state index contributed by atoms with van der Waals surface area (Å²) in [4.78, 5) is 24.0. The van der Waals surface area contributed by atoms with Crippen molar-refractivity contribution in [2.75, 3.05) is 57.8 Å². The fourth-order valence-corrected chi connectivity index (χ4v) is 7.10. The molecule has 2 aliphatic heterocycles. The maximum absolute atomic E-state index is 13.0. The van der Waals surface area contributed by atoms with Crippen LogP contribution in [0.4, 0.5) is 5.69 Å². The molecule has 1 aliphatic carbocycles. The van der Waals surface area contributed by atoms with Crippen LogP contribution in [-0.2, 0) is 15.1 Å². The van der Waals surface area contributed by atoms with E-state index < -0.39 is 0 Å². The second-order valence-corrected chi connectivity index (χ2v) is 12.4. The molecule has 4 heterocycles. The molecular weight excluding hydrogens is 512 g/mol. The minimum atomic E-state index is -0.212. The molecule has 3 fully saturated rings. The summed E-state index contributed by atoms with van der Waals surface area (Å²) >= 11 is 0. The molecule has 0 spiro atoms. The Morgan fingerprint density at radius 1 is 1.05 bits per heavy atom. The highest BCUT2D eigenvalue weighted by molar-refractivity contribution is 5.82. The number of nitrogens with zero attached hydrogens (tertiary/aromatic N) is 6. The number of carbonyl (C=O) groups excluding carboxylic acids is 1. The zero-order valence-corrected chi connectivity index (χ0v) is 24.8. The van der Waals surface area contributed by atoms with Crippen LogP contribution in [0.25, 0.3) is 16.6 Å². The van der Waals surface area contributed by atoms with Gasteiger partial charge in [0, 0.05) is 82.8 Å². The zero-order valence-electron chi connectivity index (χ0n) is 24.8. The molecule has 6 rings (SSSR count). The van der Waals surface area contributed by atoms with Gasteiger partial charge in [0.25, 0.3) is 0 Å². The standard InChI is InChI=1S/C33H44N6O2/c1-24(2)36-13-10-33(41-4,11-14-36)29-7-5-26(6-8-29)28-21-31-30(9-12-35-39(31)23-28)37-15-17-38(18-16-37)32(40)27-19-25(20-27)22-34-3/h5-9,12,21,23-25,27H,3,10-11,13-20,22H2,1-2,4H3. The summed E-state index contributed by atoms with van der Waals surface area (Å²) in [6.07, 6.45) is 7.93. The van der Waals surface area contributed by atoms with E-state index >= 15 is 0 Å². The first-order chi connectivity index (χ1) is 19.9. The van der Waals surface area contributed by atoms with Crippen LogP contribution in [0.3, 0.4) is 0 Å². The van der Waals surface area contributed by atoms with Crippen molar-refractivity contribution in [1.82, 2.24) is 19.4 Å². The molecule has 8 nitrogen and oxygen atoms in total. The van der Waals surface area contributed by atoms with Gasteiger partial charge >= 0.3 is 0 Å². The third-order valence-corrected chi connectivity index (χ3v) is 9.86. The molecule has 218 valence electrons. The minimum absolute atomic E-state index is 0.173. The maximum atomic E-state index is 13.0. The highest BCUT2D eigenvalue weighted by atomic mass is 16.5. The number of rotatable bonds is 8. The first kappa shape index (κ1) is 27.9. The number of piperazine rings is 1. The summed E-state index contributed by atoms with van der Waals surface area (Å²) in [5, 5.41) is 4.62. The van der Waals surface area contributed by atoms with Crippen LogP contribution in [-0.4, -0.2) is 91.0 Å². The summed E-state index contributed by atoms with van der Waals surface area (Å²) in [6, 6.07) is 13.8. The minimum Gasteiger partial charge on any atom is -0.373 e. The second kappa shape index (κ2) is 11.6. The smallest absolute Gasteiger partial charge is 0.225 e. The van der Waals surface area contributed by atoms with Gasteiger partial charge in [-0.3, -0.25) is 4.79 Å². The van der Waals surface area contributed by atoms with E-state index in [9.17, 15) is 4.79 Å². The number of hydrogen-bond donors (Lipinski definition) is 0. The molecule has 2 aromatic heterocycles. The molecule has 3 aliphatic rings. The van der Waals surface area contributed by atoms with Crippen molar-refractivity contribution < 1.29 is 9.53 Å². The average Bonchev–Trinajstić information content (AvgIpc) is 3.43. The number of methoxy groups -OCH3 is 1. The lowest BCUT2D eigenvalue weighted by atomic mass is 9.74. The Morgan fingerprint density at radius 2 is 1.76 bits per heavy atom. The first-order valence-corrected chi connectivity index (χ1v) is 15.2. The van der Waals surface area contributed by atoms with Gasteiger partial charge < -0.3 is 24.4 Å². The van der Waals surface area contributed by atoms with E-state index in [2.05, 4.69) is 88.0 Å². The Balaban J connectivity index is 1.13. The topological polar surface area (TPSA) is 65.7 Å². The van der Waals surface area contributed by atoms with Gasteiger partial charge in [-0.1, -0.05) is 24.3 Å². The monoisotopic (exact) mass is 556 g/mol. The molecule has 1 saturated carbocycles. The normalized spacial score (nSPS) is 23.1. The number of aromatic nitrogens is 2. The number of aliphatic imine (C=N–C) groups is 1. The fourth-order valence-electron chi connectivity index (χ4n) is 7.10. The van der Waals surface area contributed by atoms with Crippen molar-refractivity contribution in [3.05, 3.63) is 54.4 Å². The van der Waals surface area contributed by atoms with E-state index in [1.54, 1.807) is 0 Å². The van der Waals surface area contributed by atoms with E-state index in [-0.39, 0.29) is 11.5 Å². The van der Waals surface area contributed by atoms with Crippen LogP contribution >= 0.6 is 0 Å². The lowest BCUT2D eigenvalue weighted by molar-refractivity contribution is -0.140. The van der Waals surface area contributed by atoms with Crippen LogP contribution in [0.1, 0.15) is 45.1 Å². The molecule has 1 aromatic carbocycles. The van der Waals surface area contributed by atoms with E-state index in [4.69, 9.17) is 4.74 Å². The van der Waals surface area contributed by atoms with Crippen molar-refractivity contribution in [3.63, 3.8) is 0 Å². The number of amides is 1. The van der Waals surface area contributed by atoms with Gasteiger partial charge in [0.15, 0.2) is 0 Å². The van der Waals surface area contributed by atoms with Crippen molar-refractivity contribution in [1.29, 1.82) is 0 Å². The molecule has 41 heavy (non-hydrogen) atoms. The van der Waals surface area contributed by atoms with Gasteiger partial charge in [-0.15, -0.1) is 0 Å². The van der Waals surface area contributed by atoms with Crippen LogP contribution in [0.5, 0.6) is 0 Å². The number of hydrogen-bond acceptors (Lipinski definition) is 6.